The Morgan fingerprint density at radius 3 is 3.04 bits per heavy atom. The Labute approximate surface area is 146 Å². The van der Waals surface area contributed by atoms with Gasteiger partial charge in [0.2, 0.25) is 5.89 Å². The van der Waals surface area contributed by atoms with Crippen LogP contribution in [-0.4, -0.2) is 39.0 Å². The van der Waals surface area contributed by atoms with Gasteiger partial charge in [0.15, 0.2) is 5.82 Å². The highest BCUT2D eigenvalue weighted by molar-refractivity contribution is 5.98. The van der Waals surface area contributed by atoms with Crippen molar-refractivity contribution in [3.05, 3.63) is 47.7 Å². The van der Waals surface area contributed by atoms with Gasteiger partial charge in [-0.3, -0.25) is 4.79 Å². The molecule has 4 rings (SSSR count). The molecule has 1 aliphatic rings. The number of aromatic nitrogens is 3. The number of benzene rings is 1. The zero-order valence-corrected chi connectivity index (χ0v) is 14.5. The first-order valence-corrected chi connectivity index (χ1v) is 8.81. The number of nitrogens with one attached hydrogen (secondary N) is 1. The summed E-state index contributed by atoms with van der Waals surface area (Å²) in [6.07, 6.45) is 3.82. The molecule has 1 aliphatic heterocycles. The van der Waals surface area contributed by atoms with E-state index < -0.39 is 0 Å². The number of amides is 1. The number of nitrogens with zero attached hydrogens (tertiary/aromatic N) is 3. The third-order valence-corrected chi connectivity index (χ3v) is 4.83. The summed E-state index contributed by atoms with van der Waals surface area (Å²) in [6, 6.07) is 7.77. The Bertz CT molecular complexity index is 896. The number of piperidine rings is 1. The first-order chi connectivity index (χ1) is 12.1. The maximum atomic E-state index is 12.9. The van der Waals surface area contributed by atoms with E-state index in [1.54, 1.807) is 0 Å². The summed E-state index contributed by atoms with van der Waals surface area (Å²) in [6.45, 7) is 5.48. The fraction of sp³-hybridized carbons (Fsp3) is 0.421. The lowest BCUT2D eigenvalue weighted by Gasteiger charge is -2.31. The van der Waals surface area contributed by atoms with Crippen LogP contribution in [0.3, 0.4) is 0 Å². The highest BCUT2D eigenvalue weighted by atomic mass is 16.5. The van der Waals surface area contributed by atoms with Crippen LogP contribution in [0.1, 0.15) is 60.6 Å². The van der Waals surface area contributed by atoms with E-state index in [9.17, 15) is 4.79 Å². The van der Waals surface area contributed by atoms with E-state index in [4.69, 9.17) is 4.52 Å². The molecule has 1 saturated heterocycles. The first kappa shape index (κ1) is 15.9. The van der Waals surface area contributed by atoms with Crippen molar-refractivity contribution in [3.63, 3.8) is 0 Å². The van der Waals surface area contributed by atoms with E-state index >= 15 is 0 Å². The van der Waals surface area contributed by atoms with Crippen LogP contribution in [0.25, 0.3) is 10.9 Å². The van der Waals surface area contributed by atoms with Crippen molar-refractivity contribution >= 4 is 16.8 Å². The van der Waals surface area contributed by atoms with Gasteiger partial charge in [-0.1, -0.05) is 19.0 Å². The second-order valence-corrected chi connectivity index (χ2v) is 7.02. The van der Waals surface area contributed by atoms with Crippen LogP contribution in [0.4, 0.5) is 0 Å². The number of rotatable bonds is 3. The summed E-state index contributed by atoms with van der Waals surface area (Å²) in [5.41, 5.74) is 1.77. The molecule has 25 heavy (non-hydrogen) atoms. The Hall–Kier alpha value is -2.63. The number of carbonyl (C=O) groups excluding carboxylic acids is 1. The number of aromatic amines is 1. The average molecular weight is 338 g/mol. The molecular weight excluding hydrogens is 316 g/mol. The molecule has 0 aliphatic carbocycles. The van der Waals surface area contributed by atoms with Crippen molar-refractivity contribution in [3.8, 4) is 0 Å². The van der Waals surface area contributed by atoms with Crippen LogP contribution in [0.15, 0.2) is 35.0 Å². The maximum Gasteiger partial charge on any atom is 0.253 e. The largest absolute Gasteiger partial charge is 0.361 e. The van der Waals surface area contributed by atoms with E-state index in [1.165, 1.54) is 0 Å². The highest BCUT2D eigenvalue weighted by Gasteiger charge is 2.29. The molecule has 1 amide bonds. The van der Waals surface area contributed by atoms with Crippen LogP contribution < -0.4 is 0 Å². The number of hydrogen-bond donors (Lipinski definition) is 1. The summed E-state index contributed by atoms with van der Waals surface area (Å²) in [4.78, 5) is 22.5. The molecule has 3 aromatic rings. The van der Waals surface area contributed by atoms with E-state index in [2.05, 4.69) is 15.1 Å². The SMILES string of the molecule is CC(C)c1nc([C@@H]2CCCN(C(=O)c3ccc4[nH]ccc4c3)C2)no1. The minimum atomic E-state index is 0.0698. The second kappa shape index (κ2) is 6.35. The van der Waals surface area contributed by atoms with E-state index in [0.717, 1.165) is 41.7 Å². The van der Waals surface area contributed by atoms with E-state index in [1.807, 2.05) is 49.2 Å². The van der Waals surface area contributed by atoms with Gasteiger partial charge in [0.25, 0.3) is 5.91 Å². The zero-order chi connectivity index (χ0) is 17.4. The average Bonchev–Trinajstić information content (AvgIpc) is 3.30. The summed E-state index contributed by atoms with van der Waals surface area (Å²) >= 11 is 0. The van der Waals surface area contributed by atoms with Gasteiger partial charge in [0.1, 0.15) is 0 Å². The number of carbonyl (C=O) groups is 1. The molecule has 0 unspecified atom stereocenters. The fourth-order valence-corrected chi connectivity index (χ4v) is 3.39. The van der Waals surface area contributed by atoms with Gasteiger partial charge < -0.3 is 14.4 Å². The molecule has 0 radical (unpaired) electrons. The molecular formula is C19H22N4O2. The lowest BCUT2D eigenvalue weighted by molar-refractivity contribution is 0.0704. The molecule has 1 aromatic carbocycles. The first-order valence-electron chi connectivity index (χ1n) is 8.81. The van der Waals surface area contributed by atoms with Crippen LogP contribution in [0.2, 0.25) is 0 Å². The van der Waals surface area contributed by atoms with Crippen LogP contribution in [0, 0.1) is 0 Å². The number of fused-ring (bicyclic) bond motifs is 1. The summed E-state index contributed by atoms with van der Waals surface area (Å²) in [5, 5.41) is 5.19. The Kier molecular flexibility index (Phi) is 4.03. The molecule has 3 heterocycles. The van der Waals surface area contributed by atoms with Crippen molar-refractivity contribution < 1.29 is 9.32 Å². The van der Waals surface area contributed by atoms with Gasteiger partial charge in [-0.05, 0) is 37.1 Å². The van der Waals surface area contributed by atoms with E-state index in [-0.39, 0.29) is 17.7 Å². The van der Waals surface area contributed by atoms with Gasteiger partial charge in [-0.15, -0.1) is 0 Å². The summed E-state index contributed by atoms with van der Waals surface area (Å²) < 4.78 is 5.33. The molecule has 2 aromatic heterocycles. The molecule has 0 spiro atoms. The number of hydrogen-bond acceptors (Lipinski definition) is 4. The quantitative estimate of drug-likeness (QED) is 0.790. The zero-order valence-electron chi connectivity index (χ0n) is 14.5. The standard InChI is InChI=1S/C19H22N4O2/c1-12(2)18-21-17(22-25-18)15-4-3-9-23(11-15)19(24)14-5-6-16-13(10-14)7-8-20-16/h5-8,10,12,15,20H,3-4,9,11H2,1-2H3/t15-/m1/s1. The maximum absolute atomic E-state index is 12.9. The third-order valence-electron chi connectivity index (χ3n) is 4.83. The third kappa shape index (κ3) is 3.04. The lowest BCUT2D eigenvalue weighted by Crippen LogP contribution is -2.39. The van der Waals surface area contributed by atoms with Crippen LogP contribution in [0.5, 0.6) is 0 Å². The predicted molar refractivity (Wildman–Crippen MR) is 94.6 cm³/mol. The Morgan fingerprint density at radius 1 is 1.36 bits per heavy atom. The number of likely N-dealkylation sites (tertiary alicyclic amines) is 1. The van der Waals surface area contributed by atoms with Crippen molar-refractivity contribution in [2.75, 3.05) is 13.1 Å². The van der Waals surface area contributed by atoms with Crippen LogP contribution in [-0.2, 0) is 0 Å². The van der Waals surface area contributed by atoms with Gasteiger partial charge in [-0.2, -0.15) is 4.98 Å². The normalized spacial score (nSPS) is 18.2. The van der Waals surface area contributed by atoms with Gasteiger partial charge in [-0.25, -0.2) is 0 Å². The minimum Gasteiger partial charge on any atom is -0.361 e. The molecule has 6 nitrogen and oxygen atoms in total. The smallest absolute Gasteiger partial charge is 0.253 e. The van der Waals surface area contributed by atoms with Gasteiger partial charge in [0.05, 0.1) is 0 Å². The van der Waals surface area contributed by atoms with E-state index in [0.29, 0.717) is 12.4 Å². The predicted octanol–water partition coefficient (Wildman–Crippen LogP) is 3.69. The van der Waals surface area contributed by atoms with Crippen LogP contribution >= 0.6 is 0 Å². The van der Waals surface area contributed by atoms with Crippen molar-refractivity contribution in [2.24, 2.45) is 0 Å². The summed E-state index contributed by atoms with van der Waals surface area (Å²) in [5.74, 6) is 1.82. The Balaban J connectivity index is 1.52. The highest BCUT2D eigenvalue weighted by Crippen LogP contribution is 2.27. The topological polar surface area (TPSA) is 75.0 Å². The van der Waals surface area contributed by atoms with Gasteiger partial charge >= 0.3 is 0 Å². The Morgan fingerprint density at radius 2 is 2.24 bits per heavy atom. The fourth-order valence-electron chi connectivity index (χ4n) is 3.39. The molecule has 130 valence electrons. The number of H-pyrrole nitrogens is 1. The molecule has 1 fully saturated rings. The molecule has 1 atom stereocenters. The van der Waals surface area contributed by atoms with Crippen molar-refractivity contribution in [2.45, 2.75) is 38.5 Å². The molecule has 0 saturated carbocycles. The molecule has 0 bridgehead atoms. The minimum absolute atomic E-state index is 0.0698. The molecule has 1 N–H and O–H groups in total. The van der Waals surface area contributed by atoms with Gasteiger partial charge in [0, 0.05) is 47.6 Å². The monoisotopic (exact) mass is 338 g/mol. The van der Waals surface area contributed by atoms with Crippen molar-refractivity contribution in [1.82, 2.24) is 20.0 Å². The summed E-state index contributed by atoms with van der Waals surface area (Å²) in [7, 11) is 0. The molecule has 6 heteroatoms. The lowest BCUT2D eigenvalue weighted by atomic mass is 9.96. The van der Waals surface area contributed by atoms with Crippen molar-refractivity contribution in [1.29, 1.82) is 0 Å². The second-order valence-electron chi connectivity index (χ2n) is 7.02.